The van der Waals surface area contributed by atoms with Gasteiger partial charge >= 0.3 is 5.97 Å². The fraction of sp³-hybridized carbons (Fsp3) is 0.269. The van der Waals surface area contributed by atoms with Gasteiger partial charge in [0.1, 0.15) is 6.10 Å². The van der Waals surface area contributed by atoms with Crippen LogP contribution >= 0.6 is 11.6 Å². The third-order valence-corrected chi connectivity index (χ3v) is 5.80. The van der Waals surface area contributed by atoms with E-state index in [0.717, 1.165) is 27.8 Å². The number of hydrogen-bond donors (Lipinski definition) is 0. The van der Waals surface area contributed by atoms with E-state index in [0.29, 0.717) is 23.1 Å². The van der Waals surface area contributed by atoms with Gasteiger partial charge in [0.15, 0.2) is 11.5 Å². The van der Waals surface area contributed by atoms with Crippen molar-refractivity contribution < 1.29 is 23.7 Å². The van der Waals surface area contributed by atoms with Gasteiger partial charge < -0.3 is 18.9 Å². The molecule has 2 atom stereocenters. The second-order valence-corrected chi connectivity index (χ2v) is 7.85. The van der Waals surface area contributed by atoms with Crippen molar-refractivity contribution in [1.82, 2.24) is 0 Å². The van der Waals surface area contributed by atoms with Crippen molar-refractivity contribution in [1.29, 1.82) is 0 Å². The molecule has 1 heterocycles. The molecule has 1 aliphatic rings. The third kappa shape index (κ3) is 4.18. The number of para-hydroxylation sites is 1. The Bertz CT molecular complexity index is 1130. The summed E-state index contributed by atoms with van der Waals surface area (Å²) in [6.45, 7) is 2.11. The maximum atomic E-state index is 12.5. The molecular formula is C26H25ClO5. The molecule has 0 saturated carbocycles. The first-order chi connectivity index (χ1) is 15.6. The molecule has 0 aromatic heterocycles. The lowest BCUT2D eigenvalue weighted by Crippen LogP contribution is -2.16. The number of methoxy groups -OCH3 is 2. The molecular weight excluding hydrogens is 428 g/mol. The highest BCUT2D eigenvalue weighted by atomic mass is 35.5. The highest BCUT2D eigenvalue weighted by Gasteiger charge is 2.34. The van der Waals surface area contributed by atoms with E-state index in [1.807, 2.05) is 60.7 Å². The third-order valence-electron chi connectivity index (χ3n) is 5.57. The topological polar surface area (TPSA) is 54.0 Å². The summed E-state index contributed by atoms with van der Waals surface area (Å²) in [7, 11) is 3.20. The van der Waals surface area contributed by atoms with Crippen LogP contribution in [0, 0.1) is 0 Å². The van der Waals surface area contributed by atoms with Gasteiger partial charge in [-0.2, -0.15) is 0 Å². The van der Waals surface area contributed by atoms with Gasteiger partial charge in [0.25, 0.3) is 0 Å². The molecule has 0 saturated heterocycles. The molecule has 0 spiro atoms. The number of hydrogen-bond acceptors (Lipinski definition) is 5. The molecule has 1 aliphatic heterocycles. The highest BCUT2D eigenvalue weighted by Crippen LogP contribution is 2.49. The minimum atomic E-state index is -0.541. The number of carbonyl (C=O) groups is 1. The van der Waals surface area contributed by atoms with Gasteiger partial charge in [-0.25, -0.2) is 0 Å². The lowest BCUT2D eigenvalue weighted by atomic mass is 9.90. The van der Waals surface area contributed by atoms with Crippen LogP contribution in [0.3, 0.4) is 0 Å². The summed E-state index contributed by atoms with van der Waals surface area (Å²) in [6, 6.07) is 19.4. The van der Waals surface area contributed by atoms with Gasteiger partial charge in [-0.15, -0.1) is 0 Å². The lowest BCUT2D eigenvalue weighted by molar-refractivity contribution is -0.147. The summed E-state index contributed by atoms with van der Waals surface area (Å²) in [6.07, 6.45) is -0.965. The minimum absolute atomic E-state index is 0.0926. The van der Waals surface area contributed by atoms with E-state index in [2.05, 4.69) is 0 Å². The first-order valence-corrected chi connectivity index (χ1v) is 10.9. The predicted molar refractivity (Wildman–Crippen MR) is 123 cm³/mol. The first kappa shape index (κ1) is 22.2. The average molecular weight is 453 g/mol. The van der Waals surface area contributed by atoms with Gasteiger partial charge in [0, 0.05) is 10.6 Å². The number of rotatable bonds is 6. The number of halogens is 1. The number of benzene rings is 3. The van der Waals surface area contributed by atoms with E-state index in [4.69, 9.17) is 30.5 Å². The Morgan fingerprint density at radius 3 is 2.44 bits per heavy atom. The van der Waals surface area contributed by atoms with Crippen molar-refractivity contribution in [2.24, 2.45) is 0 Å². The van der Waals surface area contributed by atoms with Crippen LogP contribution < -0.4 is 9.47 Å². The van der Waals surface area contributed by atoms with Crippen molar-refractivity contribution in [3.63, 3.8) is 0 Å². The first-order valence-electron chi connectivity index (χ1n) is 10.5. The van der Waals surface area contributed by atoms with Gasteiger partial charge in [-0.05, 0) is 47.4 Å². The Morgan fingerprint density at radius 2 is 1.69 bits per heavy atom. The van der Waals surface area contributed by atoms with E-state index in [9.17, 15) is 4.79 Å². The molecule has 0 amide bonds. The Kier molecular flexibility index (Phi) is 6.68. The normalized spacial score (nSPS) is 17.0. The maximum absolute atomic E-state index is 12.5. The number of esters is 1. The Labute approximate surface area is 192 Å². The number of fused-ring (bicyclic) bond motifs is 3. The fourth-order valence-electron chi connectivity index (χ4n) is 4.22. The standard InChI is InChI=1S/C26H25ClO5/c1-4-31-24(28)15-23-19-9-6-5-8-17(19)18-13-12-16(27)14-21(18)25(32-23)20-10-7-11-22(29-2)26(20)30-3/h5-14,23,25H,4,15H2,1-3H3. The van der Waals surface area contributed by atoms with Crippen LogP contribution in [-0.2, 0) is 14.3 Å². The Hall–Kier alpha value is -3.02. The van der Waals surface area contributed by atoms with Crippen molar-refractivity contribution in [2.45, 2.75) is 25.6 Å². The molecule has 0 radical (unpaired) electrons. The summed E-state index contributed by atoms with van der Waals surface area (Å²) in [5.41, 5.74) is 4.59. The molecule has 2 unspecified atom stereocenters. The van der Waals surface area contributed by atoms with Gasteiger partial charge in [0.2, 0.25) is 0 Å². The highest BCUT2D eigenvalue weighted by molar-refractivity contribution is 6.30. The minimum Gasteiger partial charge on any atom is -0.493 e. The zero-order valence-electron chi connectivity index (χ0n) is 18.3. The fourth-order valence-corrected chi connectivity index (χ4v) is 4.40. The molecule has 0 aliphatic carbocycles. The molecule has 4 rings (SSSR count). The monoisotopic (exact) mass is 452 g/mol. The van der Waals surface area contributed by atoms with Gasteiger partial charge in [-0.3, -0.25) is 4.79 Å². The molecule has 0 bridgehead atoms. The lowest BCUT2D eigenvalue weighted by Gasteiger charge is -2.25. The summed E-state index contributed by atoms with van der Waals surface area (Å²) in [5.74, 6) is 0.861. The van der Waals surface area contributed by atoms with Crippen molar-refractivity contribution >= 4 is 17.6 Å². The SMILES string of the molecule is CCOC(=O)CC1OC(c2cccc(OC)c2OC)c2cc(Cl)ccc2-c2ccccc21. The molecule has 0 fully saturated rings. The van der Waals surface area contributed by atoms with Gasteiger partial charge in [0.05, 0.1) is 33.4 Å². The zero-order chi connectivity index (χ0) is 22.7. The second-order valence-electron chi connectivity index (χ2n) is 7.42. The number of carbonyl (C=O) groups excluding carboxylic acids is 1. The van der Waals surface area contributed by atoms with Gasteiger partial charge in [-0.1, -0.05) is 54.1 Å². The van der Waals surface area contributed by atoms with Crippen molar-refractivity contribution in [3.8, 4) is 22.6 Å². The van der Waals surface area contributed by atoms with Crippen molar-refractivity contribution in [2.75, 3.05) is 20.8 Å². The van der Waals surface area contributed by atoms with E-state index >= 15 is 0 Å². The van der Waals surface area contributed by atoms with E-state index in [1.54, 1.807) is 21.1 Å². The van der Waals surface area contributed by atoms with E-state index in [1.165, 1.54) is 0 Å². The zero-order valence-corrected chi connectivity index (χ0v) is 19.0. The summed E-state index contributed by atoms with van der Waals surface area (Å²) in [4.78, 5) is 12.5. The number of ether oxygens (including phenoxy) is 4. The largest absolute Gasteiger partial charge is 0.493 e. The molecule has 3 aromatic carbocycles. The summed E-state index contributed by atoms with van der Waals surface area (Å²) < 4.78 is 23.1. The molecule has 6 heteroatoms. The molecule has 3 aromatic rings. The molecule has 166 valence electrons. The van der Waals surface area contributed by atoms with Crippen LogP contribution in [0.5, 0.6) is 11.5 Å². The molecule has 32 heavy (non-hydrogen) atoms. The Morgan fingerprint density at radius 1 is 0.938 bits per heavy atom. The summed E-state index contributed by atoms with van der Waals surface area (Å²) >= 11 is 6.42. The van der Waals surface area contributed by atoms with Crippen LogP contribution in [0.15, 0.2) is 60.7 Å². The van der Waals surface area contributed by atoms with Crippen LogP contribution in [0.25, 0.3) is 11.1 Å². The van der Waals surface area contributed by atoms with E-state index in [-0.39, 0.29) is 12.4 Å². The molecule has 0 N–H and O–H groups in total. The van der Waals surface area contributed by atoms with Crippen LogP contribution in [0.4, 0.5) is 0 Å². The molecule has 5 nitrogen and oxygen atoms in total. The van der Waals surface area contributed by atoms with E-state index < -0.39 is 12.2 Å². The summed E-state index contributed by atoms with van der Waals surface area (Å²) in [5, 5.41) is 0.598. The van der Waals surface area contributed by atoms with Crippen LogP contribution in [0.1, 0.15) is 42.2 Å². The van der Waals surface area contributed by atoms with Crippen LogP contribution in [-0.4, -0.2) is 26.8 Å². The Balaban J connectivity index is 1.93. The smallest absolute Gasteiger partial charge is 0.308 e. The van der Waals surface area contributed by atoms with Crippen LogP contribution in [0.2, 0.25) is 5.02 Å². The second kappa shape index (κ2) is 9.63. The van der Waals surface area contributed by atoms with Crippen molar-refractivity contribution in [3.05, 3.63) is 82.4 Å². The predicted octanol–water partition coefficient (Wildman–Crippen LogP) is 6.14. The quantitative estimate of drug-likeness (QED) is 0.420. The maximum Gasteiger partial charge on any atom is 0.308 e. The average Bonchev–Trinajstić information content (AvgIpc) is 2.93.